The van der Waals surface area contributed by atoms with Crippen LogP contribution in [-0.2, 0) is 0 Å². The van der Waals surface area contributed by atoms with E-state index in [0.29, 0.717) is 5.92 Å². The van der Waals surface area contributed by atoms with Crippen LogP contribution in [0.3, 0.4) is 0 Å². The lowest BCUT2D eigenvalue weighted by atomic mass is 9.95. The molecule has 0 spiro atoms. The molecule has 2 atom stereocenters. The maximum Gasteiger partial charge on any atom is 0.0986 e. The molecule has 1 saturated heterocycles. The molecule has 0 aliphatic carbocycles. The third-order valence-corrected chi connectivity index (χ3v) is 5.05. The summed E-state index contributed by atoms with van der Waals surface area (Å²) in [6.45, 7) is 0. The summed E-state index contributed by atoms with van der Waals surface area (Å²) in [5.41, 5.74) is 0.921. The lowest BCUT2D eigenvalue weighted by molar-refractivity contribution is 0.114. The van der Waals surface area contributed by atoms with Crippen molar-refractivity contribution >= 4 is 34.7 Å². The Morgan fingerprint density at radius 2 is 2.43 bits per heavy atom. The first-order valence-corrected chi connectivity index (χ1v) is 7.19. The van der Waals surface area contributed by atoms with Crippen molar-refractivity contribution in [2.24, 2.45) is 5.92 Å². The van der Waals surface area contributed by atoms with Crippen LogP contribution in [-0.4, -0.2) is 16.6 Å². The topological polar surface area (TPSA) is 20.2 Å². The standard InChI is InChI=1S/C10H13ClOS2/c11-10-8(3-5-14-10)9(12)7-2-1-4-13-6-7/h3,5,7,9,12H,1-2,4,6H2. The van der Waals surface area contributed by atoms with Crippen molar-refractivity contribution in [3.8, 4) is 0 Å². The summed E-state index contributed by atoms with van der Waals surface area (Å²) in [5, 5.41) is 12.1. The van der Waals surface area contributed by atoms with E-state index in [1.54, 1.807) is 0 Å². The van der Waals surface area contributed by atoms with Gasteiger partial charge in [0.15, 0.2) is 0 Å². The summed E-state index contributed by atoms with van der Waals surface area (Å²) < 4.78 is 0.744. The van der Waals surface area contributed by atoms with Crippen molar-refractivity contribution in [2.75, 3.05) is 11.5 Å². The van der Waals surface area contributed by atoms with Gasteiger partial charge in [0.2, 0.25) is 0 Å². The smallest absolute Gasteiger partial charge is 0.0986 e. The molecule has 0 bridgehead atoms. The molecule has 4 heteroatoms. The summed E-state index contributed by atoms with van der Waals surface area (Å²) in [5.74, 6) is 2.69. The molecule has 1 fully saturated rings. The van der Waals surface area contributed by atoms with Crippen molar-refractivity contribution in [1.82, 2.24) is 0 Å². The Morgan fingerprint density at radius 1 is 1.57 bits per heavy atom. The van der Waals surface area contributed by atoms with Gasteiger partial charge < -0.3 is 5.11 Å². The number of thiophene rings is 1. The number of aliphatic hydroxyl groups excluding tert-OH is 1. The fourth-order valence-corrected chi connectivity index (χ4v) is 3.96. The summed E-state index contributed by atoms with van der Waals surface area (Å²) in [4.78, 5) is 0. The van der Waals surface area contributed by atoms with Crippen LogP contribution in [0.5, 0.6) is 0 Å². The van der Waals surface area contributed by atoms with E-state index in [1.807, 2.05) is 23.2 Å². The molecule has 1 aromatic heterocycles. The highest BCUT2D eigenvalue weighted by molar-refractivity contribution is 7.99. The Hall–Kier alpha value is 0.300. The number of halogens is 1. The van der Waals surface area contributed by atoms with Crippen molar-refractivity contribution in [3.63, 3.8) is 0 Å². The molecule has 0 radical (unpaired) electrons. The number of aliphatic hydroxyl groups is 1. The van der Waals surface area contributed by atoms with Gasteiger partial charge in [0.25, 0.3) is 0 Å². The summed E-state index contributed by atoms with van der Waals surface area (Å²) in [6.07, 6.45) is 1.98. The van der Waals surface area contributed by atoms with Crippen LogP contribution in [0.4, 0.5) is 0 Å². The van der Waals surface area contributed by atoms with Gasteiger partial charge in [-0.1, -0.05) is 11.6 Å². The number of thioether (sulfide) groups is 1. The minimum atomic E-state index is -0.360. The fourth-order valence-electron chi connectivity index (χ4n) is 1.78. The highest BCUT2D eigenvalue weighted by Gasteiger charge is 2.25. The SMILES string of the molecule is OC(c1ccsc1Cl)C1CCCSC1. The van der Waals surface area contributed by atoms with Crippen molar-refractivity contribution in [2.45, 2.75) is 18.9 Å². The van der Waals surface area contributed by atoms with Gasteiger partial charge in [-0.2, -0.15) is 11.8 Å². The molecule has 0 saturated carbocycles. The average Bonchev–Trinajstić information content (AvgIpc) is 2.65. The second-order valence-corrected chi connectivity index (χ2v) is 6.24. The fraction of sp³-hybridized carbons (Fsp3) is 0.600. The van der Waals surface area contributed by atoms with Gasteiger partial charge in [-0.05, 0) is 41.7 Å². The molecule has 1 nitrogen and oxygen atoms in total. The van der Waals surface area contributed by atoms with Crippen LogP contribution < -0.4 is 0 Å². The Balaban J connectivity index is 2.07. The summed E-state index contributed by atoms with van der Waals surface area (Å²) in [7, 11) is 0. The molecule has 1 aromatic rings. The number of hydrogen-bond acceptors (Lipinski definition) is 3. The van der Waals surface area contributed by atoms with Gasteiger partial charge in [0.1, 0.15) is 0 Å². The van der Waals surface area contributed by atoms with Crippen LogP contribution in [0.25, 0.3) is 0 Å². The minimum absolute atomic E-state index is 0.360. The number of hydrogen-bond donors (Lipinski definition) is 1. The van der Waals surface area contributed by atoms with E-state index >= 15 is 0 Å². The molecular weight excluding hydrogens is 236 g/mol. The lowest BCUT2D eigenvalue weighted by Gasteiger charge is -2.26. The van der Waals surface area contributed by atoms with Gasteiger partial charge >= 0.3 is 0 Å². The van der Waals surface area contributed by atoms with E-state index in [0.717, 1.165) is 22.1 Å². The predicted octanol–water partition coefficient (Wildman–Crippen LogP) is 3.58. The van der Waals surface area contributed by atoms with Gasteiger partial charge in [0, 0.05) is 5.56 Å². The zero-order valence-corrected chi connectivity index (χ0v) is 10.2. The van der Waals surface area contributed by atoms with E-state index < -0.39 is 0 Å². The molecule has 0 amide bonds. The highest BCUT2D eigenvalue weighted by atomic mass is 35.5. The van der Waals surface area contributed by atoms with Crippen molar-refractivity contribution < 1.29 is 5.11 Å². The predicted molar refractivity (Wildman–Crippen MR) is 64.3 cm³/mol. The van der Waals surface area contributed by atoms with Crippen LogP contribution >= 0.6 is 34.7 Å². The van der Waals surface area contributed by atoms with Gasteiger partial charge in [-0.25, -0.2) is 0 Å². The highest BCUT2D eigenvalue weighted by Crippen LogP contribution is 2.37. The number of rotatable bonds is 2. The maximum atomic E-state index is 10.1. The Bertz CT molecular complexity index is 294. The molecule has 2 rings (SSSR count). The van der Waals surface area contributed by atoms with E-state index in [4.69, 9.17) is 11.6 Å². The summed E-state index contributed by atoms with van der Waals surface area (Å²) in [6, 6.07) is 1.94. The largest absolute Gasteiger partial charge is 0.388 e. The molecule has 1 N–H and O–H groups in total. The average molecular weight is 249 g/mol. The third kappa shape index (κ3) is 2.27. The van der Waals surface area contributed by atoms with Crippen LogP contribution in [0, 0.1) is 5.92 Å². The lowest BCUT2D eigenvalue weighted by Crippen LogP contribution is -2.18. The summed E-state index contributed by atoms with van der Waals surface area (Å²) >= 11 is 9.44. The van der Waals surface area contributed by atoms with Crippen molar-refractivity contribution in [1.29, 1.82) is 0 Å². The first-order chi connectivity index (χ1) is 6.79. The quantitative estimate of drug-likeness (QED) is 0.864. The molecule has 1 aliphatic heterocycles. The van der Waals surface area contributed by atoms with E-state index in [-0.39, 0.29) is 6.10 Å². The third-order valence-electron chi connectivity index (χ3n) is 2.61. The molecule has 14 heavy (non-hydrogen) atoms. The second kappa shape index (κ2) is 4.88. The van der Waals surface area contributed by atoms with E-state index in [9.17, 15) is 5.11 Å². The molecule has 78 valence electrons. The molecule has 0 aromatic carbocycles. The van der Waals surface area contributed by atoms with Gasteiger partial charge in [-0.15, -0.1) is 11.3 Å². The Labute approximate surface area is 97.5 Å². The minimum Gasteiger partial charge on any atom is -0.388 e. The molecular formula is C10H13ClOS2. The Morgan fingerprint density at radius 3 is 3.00 bits per heavy atom. The van der Waals surface area contributed by atoms with Crippen molar-refractivity contribution in [3.05, 3.63) is 21.3 Å². The molecule has 2 unspecified atom stereocenters. The van der Waals surface area contributed by atoms with Gasteiger partial charge in [0.05, 0.1) is 10.4 Å². The molecule has 1 aliphatic rings. The second-order valence-electron chi connectivity index (χ2n) is 3.57. The van der Waals surface area contributed by atoms with E-state index in [2.05, 4.69) is 0 Å². The first-order valence-electron chi connectivity index (χ1n) is 4.77. The maximum absolute atomic E-state index is 10.1. The van der Waals surface area contributed by atoms with Crippen LogP contribution in [0.2, 0.25) is 4.34 Å². The zero-order valence-electron chi connectivity index (χ0n) is 7.78. The zero-order chi connectivity index (χ0) is 9.97. The Kier molecular flexibility index (Phi) is 3.77. The van der Waals surface area contributed by atoms with Crippen LogP contribution in [0.1, 0.15) is 24.5 Å². The monoisotopic (exact) mass is 248 g/mol. The molecule has 2 heterocycles. The van der Waals surface area contributed by atoms with Gasteiger partial charge in [-0.3, -0.25) is 0 Å². The van der Waals surface area contributed by atoms with Crippen LogP contribution in [0.15, 0.2) is 11.4 Å². The first kappa shape index (κ1) is 10.8. The normalized spacial score (nSPS) is 24.9. The van der Waals surface area contributed by atoms with E-state index in [1.165, 1.54) is 23.5 Å².